The molecule has 132 valence electrons. The maximum absolute atomic E-state index is 14.4. The van der Waals surface area contributed by atoms with E-state index in [2.05, 4.69) is 10.6 Å². The smallest absolute Gasteiger partial charge is 0.226 e. The Morgan fingerprint density at radius 1 is 1.25 bits per heavy atom. The topological polar surface area (TPSA) is 61.4 Å². The van der Waals surface area contributed by atoms with Crippen molar-refractivity contribution < 1.29 is 14.0 Å². The molecule has 0 radical (unpaired) electrons. The molecule has 2 N–H and O–H groups in total. The summed E-state index contributed by atoms with van der Waals surface area (Å²) in [5, 5.41) is 5.21. The van der Waals surface area contributed by atoms with Crippen LogP contribution in [-0.4, -0.2) is 31.4 Å². The molecule has 1 aromatic rings. The third-order valence-electron chi connectivity index (χ3n) is 4.46. The third kappa shape index (κ3) is 5.22. The number of carbonyl (C=O) groups is 2. The zero-order chi connectivity index (χ0) is 17.5. The highest BCUT2D eigenvalue weighted by Crippen LogP contribution is 2.29. The lowest BCUT2D eigenvalue weighted by Crippen LogP contribution is -2.33. The second kappa shape index (κ2) is 8.66. The Morgan fingerprint density at radius 3 is 2.58 bits per heavy atom. The van der Waals surface area contributed by atoms with Crippen LogP contribution in [0.4, 0.5) is 15.8 Å². The van der Waals surface area contributed by atoms with Crippen LogP contribution in [0.15, 0.2) is 18.2 Å². The fourth-order valence-electron chi connectivity index (χ4n) is 3.11. The molecular formula is C18H26FN3O2. The van der Waals surface area contributed by atoms with Crippen molar-refractivity contribution in [3.8, 4) is 0 Å². The molecule has 1 aromatic carbocycles. The van der Waals surface area contributed by atoms with E-state index in [-0.39, 0.29) is 30.6 Å². The van der Waals surface area contributed by atoms with Gasteiger partial charge in [0.2, 0.25) is 11.8 Å². The van der Waals surface area contributed by atoms with Crippen molar-refractivity contribution in [2.75, 3.05) is 23.8 Å². The van der Waals surface area contributed by atoms with Crippen molar-refractivity contribution in [2.24, 2.45) is 0 Å². The molecular weight excluding hydrogens is 309 g/mol. The summed E-state index contributed by atoms with van der Waals surface area (Å²) >= 11 is 0. The van der Waals surface area contributed by atoms with Crippen molar-refractivity contribution in [3.05, 3.63) is 24.0 Å². The van der Waals surface area contributed by atoms with Gasteiger partial charge in [0.1, 0.15) is 5.82 Å². The quantitative estimate of drug-likeness (QED) is 0.840. The fourth-order valence-corrected chi connectivity index (χ4v) is 3.11. The number of anilines is 2. The van der Waals surface area contributed by atoms with Crippen molar-refractivity contribution in [1.29, 1.82) is 0 Å². The zero-order valence-corrected chi connectivity index (χ0v) is 14.4. The molecule has 0 aromatic heterocycles. The first kappa shape index (κ1) is 18.2. The second-order valence-electron chi connectivity index (χ2n) is 6.35. The Morgan fingerprint density at radius 2 is 1.96 bits per heavy atom. The molecule has 1 fully saturated rings. The summed E-state index contributed by atoms with van der Waals surface area (Å²) in [6.45, 7) is 1.67. The van der Waals surface area contributed by atoms with Crippen LogP contribution >= 0.6 is 0 Å². The van der Waals surface area contributed by atoms with E-state index in [0.29, 0.717) is 17.4 Å². The van der Waals surface area contributed by atoms with Crippen LogP contribution in [0.5, 0.6) is 0 Å². The van der Waals surface area contributed by atoms with Crippen LogP contribution in [0.2, 0.25) is 0 Å². The van der Waals surface area contributed by atoms with Gasteiger partial charge >= 0.3 is 0 Å². The van der Waals surface area contributed by atoms with E-state index in [1.807, 2.05) is 11.9 Å². The largest absolute Gasteiger partial charge is 0.369 e. The standard InChI is InChI=1S/C18H26FN3O2/c1-13(23)20-11-10-18(24)21-14-8-9-17(16(19)12-14)22(2)15-6-4-3-5-7-15/h8-9,12,15H,3-7,10-11H2,1-2H3,(H,20,23)(H,21,24). The number of carbonyl (C=O) groups excluding carboxylic acids is 2. The molecule has 0 saturated heterocycles. The summed E-state index contributed by atoms with van der Waals surface area (Å²) in [5.41, 5.74) is 0.999. The molecule has 2 rings (SSSR count). The molecule has 0 unspecified atom stereocenters. The Hall–Kier alpha value is -2.11. The maximum Gasteiger partial charge on any atom is 0.226 e. The van der Waals surface area contributed by atoms with Gasteiger partial charge in [-0.15, -0.1) is 0 Å². The molecule has 0 heterocycles. The average Bonchev–Trinajstić information content (AvgIpc) is 2.55. The second-order valence-corrected chi connectivity index (χ2v) is 6.35. The molecule has 1 aliphatic carbocycles. The van der Waals surface area contributed by atoms with Gasteiger partial charge in [-0.3, -0.25) is 9.59 Å². The van der Waals surface area contributed by atoms with Gasteiger partial charge in [-0.1, -0.05) is 19.3 Å². The number of benzene rings is 1. The minimum atomic E-state index is -0.331. The molecule has 0 aliphatic heterocycles. The summed E-state index contributed by atoms with van der Waals surface area (Å²) in [5.74, 6) is -0.761. The highest BCUT2D eigenvalue weighted by atomic mass is 19.1. The van der Waals surface area contributed by atoms with Crippen LogP contribution < -0.4 is 15.5 Å². The van der Waals surface area contributed by atoms with Crippen LogP contribution in [0, 0.1) is 5.82 Å². The predicted octanol–water partition coefficient (Wildman–Crippen LogP) is 3.06. The normalized spacial score (nSPS) is 15.0. The number of nitrogens with one attached hydrogen (secondary N) is 2. The Kier molecular flexibility index (Phi) is 6.58. The van der Waals surface area contributed by atoms with E-state index in [9.17, 15) is 14.0 Å². The Balaban J connectivity index is 1.93. The first-order valence-electron chi connectivity index (χ1n) is 8.54. The molecule has 0 bridgehead atoms. The predicted molar refractivity (Wildman–Crippen MR) is 93.6 cm³/mol. The fraction of sp³-hybridized carbons (Fsp3) is 0.556. The van der Waals surface area contributed by atoms with Gasteiger partial charge in [-0.05, 0) is 31.0 Å². The Labute approximate surface area is 142 Å². The third-order valence-corrected chi connectivity index (χ3v) is 4.46. The number of hydrogen-bond donors (Lipinski definition) is 2. The van der Waals surface area contributed by atoms with E-state index >= 15 is 0 Å². The summed E-state index contributed by atoms with van der Waals surface area (Å²) in [4.78, 5) is 24.5. The highest BCUT2D eigenvalue weighted by molar-refractivity contribution is 5.91. The van der Waals surface area contributed by atoms with Crippen LogP contribution in [0.25, 0.3) is 0 Å². The number of rotatable bonds is 6. The van der Waals surface area contributed by atoms with Gasteiger partial charge in [-0.25, -0.2) is 4.39 Å². The number of hydrogen-bond acceptors (Lipinski definition) is 3. The molecule has 5 nitrogen and oxygen atoms in total. The lowest BCUT2D eigenvalue weighted by Gasteiger charge is -2.33. The van der Waals surface area contributed by atoms with E-state index < -0.39 is 0 Å². The van der Waals surface area contributed by atoms with Gasteiger partial charge in [0.15, 0.2) is 0 Å². The minimum Gasteiger partial charge on any atom is -0.369 e. The van der Waals surface area contributed by atoms with Crippen molar-refractivity contribution in [2.45, 2.75) is 51.5 Å². The van der Waals surface area contributed by atoms with Gasteiger partial charge < -0.3 is 15.5 Å². The lowest BCUT2D eigenvalue weighted by atomic mass is 9.94. The summed E-state index contributed by atoms with van der Waals surface area (Å²) in [7, 11) is 1.93. The monoisotopic (exact) mass is 335 g/mol. The summed E-state index contributed by atoms with van der Waals surface area (Å²) < 4.78 is 14.4. The SMILES string of the molecule is CC(=O)NCCC(=O)Nc1ccc(N(C)C2CCCCC2)c(F)c1. The Bertz CT molecular complexity index is 586. The number of halogens is 1. The first-order chi connectivity index (χ1) is 11.5. The van der Waals surface area contributed by atoms with Crippen molar-refractivity contribution >= 4 is 23.2 Å². The van der Waals surface area contributed by atoms with Gasteiger partial charge in [0.05, 0.1) is 5.69 Å². The van der Waals surface area contributed by atoms with E-state index in [1.165, 1.54) is 32.3 Å². The van der Waals surface area contributed by atoms with Crippen LogP contribution in [-0.2, 0) is 9.59 Å². The summed E-state index contributed by atoms with van der Waals surface area (Å²) in [6.07, 6.45) is 5.99. The summed E-state index contributed by atoms with van der Waals surface area (Å²) in [6, 6.07) is 5.16. The molecule has 1 saturated carbocycles. The lowest BCUT2D eigenvalue weighted by molar-refractivity contribution is -0.119. The number of amides is 2. The molecule has 24 heavy (non-hydrogen) atoms. The molecule has 2 amide bonds. The average molecular weight is 335 g/mol. The van der Waals surface area contributed by atoms with Gasteiger partial charge in [0, 0.05) is 38.7 Å². The molecule has 1 aliphatic rings. The minimum absolute atomic E-state index is 0.158. The van der Waals surface area contributed by atoms with Gasteiger partial charge in [-0.2, -0.15) is 0 Å². The zero-order valence-electron chi connectivity index (χ0n) is 14.4. The number of nitrogens with zero attached hydrogens (tertiary/aromatic N) is 1. The van der Waals surface area contributed by atoms with Crippen LogP contribution in [0.3, 0.4) is 0 Å². The first-order valence-corrected chi connectivity index (χ1v) is 8.54. The highest BCUT2D eigenvalue weighted by Gasteiger charge is 2.20. The molecule has 0 atom stereocenters. The van der Waals surface area contributed by atoms with Gasteiger partial charge in [0.25, 0.3) is 0 Å². The van der Waals surface area contributed by atoms with E-state index in [4.69, 9.17) is 0 Å². The van der Waals surface area contributed by atoms with E-state index in [0.717, 1.165) is 12.8 Å². The van der Waals surface area contributed by atoms with Crippen LogP contribution in [0.1, 0.15) is 45.4 Å². The maximum atomic E-state index is 14.4. The van der Waals surface area contributed by atoms with E-state index in [1.54, 1.807) is 12.1 Å². The molecule has 0 spiro atoms. The van der Waals surface area contributed by atoms with Crippen molar-refractivity contribution in [1.82, 2.24) is 5.32 Å². The molecule has 6 heteroatoms. The van der Waals surface area contributed by atoms with Crippen molar-refractivity contribution in [3.63, 3.8) is 0 Å².